The van der Waals surface area contributed by atoms with Crippen LogP contribution in [0.5, 0.6) is 5.75 Å². The molecule has 0 spiro atoms. The summed E-state index contributed by atoms with van der Waals surface area (Å²) >= 11 is 0. The van der Waals surface area contributed by atoms with Crippen LogP contribution in [-0.2, 0) is 0 Å². The van der Waals surface area contributed by atoms with E-state index in [-0.39, 0.29) is 17.8 Å². The second-order valence-corrected chi connectivity index (χ2v) is 5.90. The molecule has 0 unspecified atom stereocenters. The Bertz CT molecular complexity index is 799. The number of hydrogen-bond acceptors (Lipinski definition) is 1. The van der Waals surface area contributed by atoms with Crippen molar-refractivity contribution in [2.45, 2.75) is 18.4 Å². The van der Waals surface area contributed by atoms with Gasteiger partial charge in [-0.1, -0.05) is 60.7 Å². The van der Waals surface area contributed by atoms with Crippen molar-refractivity contribution in [1.29, 1.82) is 0 Å². The molecular formula is C21H17FO. The smallest absolute Gasteiger partial charge is 0.125 e. The van der Waals surface area contributed by atoms with Crippen molar-refractivity contribution in [1.82, 2.24) is 0 Å². The van der Waals surface area contributed by atoms with Gasteiger partial charge in [0.05, 0.1) is 0 Å². The standard InChI is InChI=1S/C21H17FO/c22-17-11-12-20-19(13-17)18(15-7-3-1-4-8-15)14-21(23-20)16-9-5-2-6-10-16/h1-13,18,21H,14H2/t18-,21+/m1/s1. The molecule has 0 saturated heterocycles. The molecule has 4 rings (SSSR count). The normalized spacial score (nSPS) is 19.7. The molecule has 2 atom stereocenters. The predicted octanol–water partition coefficient (Wildman–Crippen LogP) is 5.48. The van der Waals surface area contributed by atoms with Crippen LogP contribution >= 0.6 is 0 Å². The largest absolute Gasteiger partial charge is 0.485 e. The molecule has 0 N–H and O–H groups in total. The van der Waals surface area contributed by atoms with E-state index in [0.717, 1.165) is 23.3 Å². The van der Waals surface area contributed by atoms with Crippen molar-refractivity contribution in [2.75, 3.05) is 0 Å². The fourth-order valence-corrected chi connectivity index (χ4v) is 3.31. The molecule has 0 amide bonds. The van der Waals surface area contributed by atoms with Crippen LogP contribution in [0.1, 0.15) is 35.1 Å². The molecule has 3 aromatic carbocycles. The Hall–Kier alpha value is -2.61. The minimum Gasteiger partial charge on any atom is -0.485 e. The van der Waals surface area contributed by atoms with E-state index in [2.05, 4.69) is 24.3 Å². The summed E-state index contributed by atoms with van der Waals surface area (Å²) in [5, 5.41) is 0. The van der Waals surface area contributed by atoms with Crippen LogP contribution in [0.2, 0.25) is 0 Å². The summed E-state index contributed by atoms with van der Waals surface area (Å²) in [7, 11) is 0. The average molecular weight is 304 g/mol. The molecule has 1 aliphatic rings. The van der Waals surface area contributed by atoms with Crippen molar-refractivity contribution in [2.24, 2.45) is 0 Å². The van der Waals surface area contributed by atoms with Crippen LogP contribution in [0.15, 0.2) is 78.9 Å². The third kappa shape index (κ3) is 2.72. The van der Waals surface area contributed by atoms with Crippen molar-refractivity contribution < 1.29 is 9.13 Å². The molecule has 1 aliphatic heterocycles. The molecule has 3 aromatic rings. The summed E-state index contributed by atoms with van der Waals surface area (Å²) in [4.78, 5) is 0. The lowest BCUT2D eigenvalue weighted by atomic mass is 9.82. The highest BCUT2D eigenvalue weighted by molar-refractivity contribution is 5.45. The van der Waals surface area contributed by atoms with Crippen LogP contribution in [-0.4, -0.2) is 0 Å². The summed E-state index contributed by atoms with van der Waals surface area (Å²) in [6, 6.07) is 25.3. The average Bonchev–Trinajstić information content (AvgIpc) is 2.62. The topological polar surface area (TPSA) is 9.23 Å². The Morgan fingerprint density at radius 1 is 0.783 bits per heavy atom. The molecule has 2 heteroatoms. The lowest BCUT2D eigenvalue weighted by Crippen LogP contribution is -2.20. The third-order valence-electron chi connectivity index (χ3n) is 4.44. The number of hydrogen-bond donors (Lipinski definition) is 0. The Kier molecular flexibility index (Phi) is 3.58. The second-order valence-electron chi connectivity index (χ2n) is 5.90. The minimum absolute atomic E-state index is 0.0145. The molecule has 0 aliphatic carbocycles. The minimum atomic E-state index is -0.216. The maximum Gasteiger partial charge on any atom is 0.125 e. The number of fused-ring (bicyclic) bond motifs is 1. The van der Waals surface area contributed by atoms with Crippen molar-refractivity contribution in [3.05, 3.63) is 101 Å². The van der Waals surface area contributed by atoms with E-state index in [1.165, 1.54) is 11.6 Å². The highest BCUT2D eigenvalue weighted by Gasteiger charge is 2.30. The Morgan fingerprint density at radius 3 is 2.13 bits per heavy atom. The molecule has 0 fully saturated rings. The zero-order valence-electron chi connectivity index (χ0n) is 12.7. The van der Waals surface area contributed by atoms with E-state index < -0.39 is 0 Å². The van der Waals surface area contributed by atoms with Gasteiger partial charge in [0.1, 0.15) is 17.7 Å². The van der Waals surface area contributed by atoms with Crippen molar-refractivity contribution >= 4 is 0 Å². The van der Waals surface area contributed by atoms with Crippen molar-refractivity contribution in [3.8, 4) is 5.75 Å². The van der Waals surface area contributed by atoms with E-state index >= 15 is 0 Å². The number of rotatable bonds is 2. The maximum atomic E-state index is 13.7. The third-order valence-corrected chi connectivity index (χ3v) is 4.44. The van der Waals surface area contributed by atoms with Crippen LogP contribution in [0.3, 0.4) is 0 Å². The van der Waals surface area contributed by atoms with Crippen LogP contribution < -0.4 is 4.74 Å². The highest BCUT2D eigenvalue weighted by Crippen LogP contribution is 2.45. The number of benzene rings is 3. The SMILES string of the molecule is Fc1ccc2c(c1)[C@@H](c1ccccc1)C[C@@H](c1ccccc1)O2. The predicted molar refractivity (Wildman–Crippen MR) is 89.1 cm³/mol. The van der Waals surface area contributed by atoms with E-state index in [1.807, 2.05) is 36.4 Å². The molecule has 0 radical (unpaired) electrons. The summed E-state index contributed by atoms with van der Waals surface area (Å²) in [6.07, 6.45) is 0.796. The van der Waals surface area contributed by atoms with Gasteiger partial charge < -0.3 is 4.74 Å². The van der Waals surface area contributed by atoms with E-state index in [1.54, 1.807) is 12.1 Å². The Balaban J connectivity index is 1.79. The summed E-state index contributed by atoms with van der Waals surface area (Å²) < 4.78 is 19.9. The lowest BCUT2D eigenvalue weighted by Gasteiger charge is -2.33. The quantitative estimate of drug-likeness (QED) is 0.609. The van der Waals surface area contributed by atoms with E-state index in [9.17, 15) is 4.39 Å². The van der Waals surface area contributed by atoms with Gasteiger partial charge in [0.2, 0.25) is 0 Å². The summed E-state index contributed by atoms with van der Waals surface area (Å²) in [5.74, 6) is 0.702. The van der Waals surface area contributed by atoms with Crippen LogP contribution in [0, 0.1) is 5.82 Å². The van der Waals surface area contributed by atoms with Crippen LogP contribution in [0.4, 0.5) is 4.39 Å². The van der Waals surface area contributed by atoms with Crippen LogP contribution in [0.25, 0.3) is 0 Å². The number of ether oxygens (including phenoxy) is 1. The zero-order valence-corrected chi connectivity index (χ0v) is 12.7. The van der Waals surface area contributed by atoms with Gasteiger partial charge in [-0.25, -0.2) is 4.39 Å². The maximum absolute atomic E-state index is 13.7. The summed E-state index contributed by atoms with van der Waals surface area (Å²) in [5.41, 5.74) is 3.29. The summed E-state index contributed by atoms with van der Waals surface area (Å²) in [6.45, 7) is 0. The molecule has 0 bridgehead atoms. The number of halogens is 1. The van der Waals surface area contributed by atoms with Gasteiger partial charge in [0, 0.05) is 11.5 Å². The fourth-order valence-electron chi connectivity index (χ4n) is 3.31. The van der Waals surface area contributed by atoms with E-state index in [4.69, 9.17) is 4.74 Å². The lowest BCUT2D eigenvalue weighted by molar-refractivity contribution is 0.167. The van der Waals surface area contributed by atoms with Gasteiger partial charge in [-0.05, 0) is 35.7 Å². The first-order valence-electron chi connectivity index (χ1n) is 7.87. The highest BCUT2D eigenvalue weighted by atomic mass is 19.1. The van der Waals surface area contributed by atoms with Gasteiger partial charge >= 0.3 is 0 Å². The van der Waals surface area contributed by atoms with Gasteiger partial charge in [-0.3, -0.25) is 0 Å². The zero-order chi connectivity index (χ0) is 15.6. The second kappa shape index (κ2) is 5.88. The molecule has 0 aromatic heterocycles. The van der Waals surface area contributed by atoms with Gasteiger partial charge in [0.25, 0.3) is 0 Å². The molecule has 1 nitrogen and oxygen atoms in total. The Morgan fingerprint density at radius 2 is 1.43 bits per heavy atom. The molecule has 1 heterocycles. The first kappa shape index (κ1) is 14.0. The van der Waals surface area contributed by atoms with Gasteiger partial charge in [0.15, 0.2) is 0 Å². The van der Waals surface area contributed by atoms with E-state index in [0.29, 0.717) is 0 Å². The monoisotopic (exact) mass is 304 g/mol. The molecular weight excluding hydrogens is 287 g/mol. The first-order chi connectivity index (χ1) is 11.3. The molecule has 114 valence electrons. The molecule has 23 heavy (non-hydrogen) atoms. The Labute approximate surface area is 135 Å². The van der Waals surface area contributed by atoms with Gasteiger partial charge in [-0.15, -0.1) is 0 Å². The van der Waals surface area contributed by atoms with Gasteiger partial charge in [-0.2, -0.15) is 0 Å². The first-order valence-corrected chi connectivity index (χ1v) is 7.87. The molecule has 0 saturated carbocycles. The van der Waals surface area contributed by atoms with Crippen molar-refractivity contribution in [3.63, 3.8) is 0 Å². The fraction of sp³-hybridized carbons (Fsp3) is 0.143.